The van der Waals surface area contributed by atoms with Crippen LogP contribution in [-0.4, -0.2) is 48.5 Å². The van der Waals surface area contributed by atoms with Gasteiger partial charge in [-0.1, -0.05) is 12.2 Å². The lowest BCUT2D eigenvalue weighted by molar-refractivity contribution is -0.161. The molecule has 0 aromatic heterocycles. The zero-order chi connectivity index (χ0) is 18.0. The molecule has 0 radical (unpaired) electrons. The quantitative estimate of drug-likeness (QED) is 0.732. The number of ketones is 1. The average Bonchev–Trinajstić information content (AvgIpc) is 3.02. The fraction of sp³-hybridized carbons (Fsp3) is 0.700. The fourth-order valence-corrected chi connectivity index (χ4v) is 3.74. The number of nitrogens with zero attached hydrogens (tertiary/aromatic N) is 1. The van der Waals surface area contributed by atoms with E-state index < -0.39 is 5.60 Å². The van der Waals surface area contributed by atoms with E-state index in [-0.39, 0.29) is 29.5 Å². The Bertz CT molecular complexity index is 579. The Balaban J connectivity index is 1.43. The number of ether oxygens (including phenoxy) is 2. The van der Waals surface area contributed by atoms with E-state index >= 15 is 0 Å². The highest BCUT2D eigenvalue weighted by atomic mass is 16.6. The van der Waals surface area contributed by atoms with Crippen molar-refractivity contribution in [3.05, 3.63) is 24.0 Å². The molecule has 1 aliphatic carbocycles. The lowest BCUT2D eigenvalue weighted by atomic mass is 9.81. The van der Waals surface area contributed by atoms with Gasteiger partial charge in [-0.3, -0.25) is 9.59 Å². The van der Waals surface area contributed by atoms with Gasteiger partial charge in [0, 0.05) is 11.5 Å². The molecular weight excluding hydrogens is 318 g/mol. The summed E-state index contributed by atoms with van der Waals surface area (Å²) in [7, 11) is 0. The highest BCUT2D eigenvalue weighted by Crippen LogP contribution is 2.31. The van der Waals surface area contributed by atoms with Gasteiger partial charge in [-0.2, -0.15) is 0 Å². The second kappa shape index (κ2) is 7.32. The minimum absolute atomic E-state index is 0.00701. The molecular formula is C20H29NO4. The maximum atomic E-state index is 12.5. The minimum atomic E-state index is -0.418. The topological polar surface area (TPSA) is 55.8 Å². The summed E-state index contributed by atoms with van der Waals surface area (Å²) >= 11 is 0. The number of carbonyl (C=O) groups excluding carboxylic acids is 2. The molecule has 0 bridgehead atoms. The summed E-state index contributed by atoms with van der Waals surface area (Å²) in [6.07, 6.45) is 8.29. The van der Waals surface area contributed by atoms with Crippen molar-refractivity contribution in [3.8, 4) is 0 Å². The number of hydrogen-bond acceptors (Lipinski definition) is 5. The molecule has 3 rings (SSSR count). The lowest BCUT2D eigenvalue weighted by Gasteiger charge is -2.33. The number of allylic oxidation sites excluding steroid dienone is 2. The van der Waals surface area contributed by atoms with Crippen molar-refractivity contribution < 1.29 is 19.1 Å². The SMILES string of the molecule is CC(C)(C)OC(=O)C1CCN(CCC2C=CC3=COCC3C2=O)CC1. The first kappa shape index (κ1) is 18.2. The van der Waals surface area contributed by atoms with Crippen LogP contribution in [0.25, 0.3) is 0 Å². The highest BCUT2D eigenvalue weighted by Gasteiger charge is 2.35. The second-order valence-electron chi connectivity index (χ2n) is 8.31. The molecule has 0 saturated carbocycles. The molecule has 1 fully saturated rings. The van der Waals surface area contributed by atoms with Crippen LogP contribution in [-0.2, 0) is 19.1 Å². The Morgan fingerprint density at radius 2 is 2.04 bits per heavy atom. The zero-order valence-corrected chi connectivity index (χ0v) is 15.5. The van der Waals surface area contributed by atoms with Crippen LogP contribution in [0.4, 0.5) is 0 Å². The van der Waals surface area contributed by atoms with Crippen LogP contribution in [0.2, 0.25) is 0 Å². The van der Waals surface area contributed by atoms with Crippen molar-refractivity contribution >= 4 is 11.8 Å². The van der Waals surface area contributed by atoms with Crippen molar-refractivity contribution in [2.75, 3.05) is 26.2 Å². The largest absolute Gasteiger partial charge is 0.500 e. The summed E-state index contributed by atoms with van der Waals surface area (Å²) in [5.74, 6) is 0.156. The number of hydrogen-bond donors (Lipinski definition) is 0. The standard InChI is InChI=1S/C20H29NO4/c1-20(2,3)25-19(23)15-7-10-21(11-8-15)9-6-14-4-5-16-12-24-13-17(16)18(14)22/h4-5,12,14-15,17H,6-11,13H2,1-3H3. The Hall–Kier alpha value is -1.62. The van der Waals surface area contributed by atoms with Crippen LogP contribution in [0.1, 0.15) is 40.0 Å². The number of Topliss-reactive ketones (excluding diaryl/α,β-unsaturated/α-hetero) is 1. The van der Waals surface area contributed by atoms with Gasteiger partial charge in [0.25, 0.3) is 0 Å². The van der Waals surface area contributed by atoms with E-state index in [4.69, 9.17) is 9.47 Å². The summed E-state index contributed by atoms with van der Waals surface area (Å²) in [6, 6.07) is 0. The molecule has 5 nitrogen and oxygen atoms in total. The molecule has 0 spiro atoms. The Morgan fingerprint density at radius 1 is 1.32 bits per heavy atom. The summed E-state index contributed by atoms with van der Waals surface area (Å²) in [5.41, 5.74) is 0.596. The molecule has 2 atom stereocenters. The molecule has 0 aromatic rings. The summed E-state index contributed by atoms with van der Waals surface area (Å²) < 4.78 is 10.8. The van der Waals surface area contributed by atoms with E-state index in [1.165, 1.54) is 0 Å². The number of rotatable bonds is 4. The monoisotopic (exact) mass is 347 g/mol. The maximum Gasteiger partial charge on any atom is 0.309 e. The van der Waals surface area contributed by atoms with Crippen molar-refractivity contribution in [1.29, 1.82) is 0 Å². The van der Waals surface area contributed by atoms with Crippen LogP contribution < -0.4 is 0 Å². The van der Waals surface area contributed by atoms with Gasteiger partial charge in [0.15, 0.2) is 5.78 Å². The molecule has 3 aliphatic rings. The molecule has 2 unspecified atom stereocenters. The normalized spacial score (nSPS) is 27.6. The molecule has 0 amide bonds. The number of carbonyl (C=O) groups is 2. The van der Waals surface area contributed by atoms with Gasteiger partial charge in [-0.05, 0) is 59.7 Å². The molecule has 1 saturated heterocycles. The van der Waals surface area contributed by atoms with E-state index in [0.717, 1.165) is 44.5 Å². The van der Waals surface area contributed by atoms with E-state index in [0.29, 0.717) is 6.61 Å². The predicted molar refractivity (Wildman–Crippen MR) is 94.8 cm³/mol. The van der Waals surface area contributed by atoms with Crippen LogP contribution in [0, 0.1) is 17.8 Å². The number of esters is 1. The predicted octanol–water partition coefficient (Wildman–Crippen LogP) is 2.72. The van der Waals surface area contributed by atoms with E-state index in [1.54, 1.807) is 6.26 Å². The maximum absolute atomic E-state index is 12.5. The van der Waals surface area contributed by atoms with Crippen molar-refractivity contribution in [2.45, 2.75) is 45.6 Å². The molecule has 2 aliphatic heterocycles. The van der Waals surface area contributed by atoms with Crippen LogP contribution in [0.3, 0.4) is 0 Å². The summed E-state index contributed by atoms with van der Waals surface area (Å²) in [6.45, 7) is 8.91. The summed E-state index contributed by atoms with van der Waals surface area (Å²) in [5, 5.41) is 0. The van der Waals surface area contributed by atoms with Crippen LogP contribution >= 0.6 is 0 Å². The summed E-state index contributed by atoms with van der Waals surface area (Å²) in [4.78, 5) is 27.0. The number of likely N-dealkylation sites (tertiary alicyclic amines) is 1. The zero-order valence-electron chi connectivity index (χ0n) is 15.5. The van der Waals surface area contributed by atoms with E-state index in [9.17, 15) is 9.59 Å². The molecule has 25 heavy (non-hydrogen) atoms. The Kier molecular flexibility index (Phi) is 5.32. The third kappa shape index (κ3) is 4.51. The van der Waals surface area contributed by atoms with Crippen molar-refractivity contribution in [2.24, 2.45) is 17.8 Å². The van der Waals surface area contributed by atoms with Gasteiger partial charge in [0.1, 0.15) is 12.2 Å². The fourth-order valence-electron chi connectivity index (χ4n) is 3.74. The third-order valence-corrected chi connectivity index (χ3v) is 5.20. The van der Waals surface area contributed by atoms with Gasteiger partial charge >= 0.3 is 5.97 Å². The molecule has 0 aromatic carbocycles. The van der Waals surface area contributed by atoms with Gasteiger partial charge in [-0.25, -0.2) is 0 Å². The Morgan fingerprint density at radius 3 is 2.72 bits per heavy atom. The average molecular weight is 347 g/mol. The first-order chi connectivity index (χ1) is 11.8. The molecule has 5 heteroatoms. The van der Waals surface area contributed by atoms with E-state index in [2.05, 4.69) is 4.90 Å². The molecule has 0 N–H and O–H groups in total. The first-order valence-corrected chi connectivity index (χ1v) is 9.32. The van der Waals surface area contributed by atoms with Crippen LogP contribution in [0.15, 0.2) is 24.0 Å². The van der Waals surface area contributed by atoms with E-state index in [1.807, 2.05) is 32.9 Å². The molecule has 2 heterocycles. The molecule has 138 valence electrons. The lowest BCUT2D eigenvalue weighted by Crippen LogP contribution is -2.40. The minimum Gasteiger partial charge on any atom is -0.500 e. The van der Waals surface area contributed by atoms with Crippen molar-refractivity contribution in [1.82, 2.24) is 4.90 Å². The van der Waals surface area contributed by atoms with Gasteiger partial charge in [-0.15, -0.1) is 0 Å². The van der Waals surface area contributed by atoms with Crippen LogP contribution in [0.5, 0.6) is 0 Å². The van der Waals surface area contributed by atoms with Gasteiger partial charge < -0.3 is 14.4 Å². The second-order valence-corrected chi connectivity index (χ2v) is 8.31. The third-order valence-electron chi connectivity index (χ3n) is 5.20. The van der Waals surface area contributed by atoms with Crippen molar-refractivity contribution in [3.63, 3.8) is 0 Å². The van der Waals surface area contributed by atoms with Gasteiger partial charge in [0.2, 0.25) is 0 Å². The van der Waals surface area contributed by atoms with Gasteiger partial charge in [0.05, 0.1) is 18.1 Å². The smallest absolute Gasteiger partial charge is 0.309 e. The Labute approximate surface area is 150 Å². The first-order valence-electron chi connectivity index (χ1n) is 9.32. The number of piperidine rings is 1. The highest BCUT2D eigenvalue weighted by molar-refractivity contribution is 5.90. The number of fused-ring (bicyclic) bond motifs is 1.